The van der Waals surface area contributed by atoms with E-state index in [1.165, 1.54) is 6.07 Å². The number of hydrogen-bond donors (Lipinski definition) is 0. The second-order valence-electron chi connectivity index (χ2n) is 6.76. The molecule has 1 aromatic heterocycles. The highest BCUT2D eigenvalue weighted by molar-refractivity contribution is 6.30. The Morgan fingerprint density at radius 1 is 1.15 bits per heavy atom. The van der Waals surface area contributed by atoms with Crippen molar-refractivity contribution in [3.63, 3.8) is 0 Å². The second kappa shape index (κ2) is 8.52. The maximum Gasteiger partial charge on any atom is 0.223 e. The predicted molar refractivity (Wildman–Crippen MR) is 105 cm³/mol. The summed E-state index contributed by atoms with van der Waals surface area (Å²) < 4.78 is 13.2. The Hall–Kier alpha value is -2.41. The number of amides is 1. The smallest absolute Gasteiger partial charge is 0.223 e. The summed E-state index contributed by atoms with van der Waals surface area (Å²) in [5, 5.41) is 8.57. The lowest BCUT2D eigenvalue weighted by Gasteiger charge is -2.35. The minimum Gasteiger partial charge on any atom is -0.361 e. The van der Waals surface area contributed by atoms with E-state index in [2.05, 4.69) is 15.1 Å². The maximum absolute atomic E-state index is 13.2. The Labute approximate surface area is 163 Å². The molecule has 1 aromatic carbocycles. The lowest BCUT2D eigenvalue weighted by atomic mass is 10.1. The molecule has 1 aliphatic rings. The minimum absolute atomic E-state index is 0.0926. The third kappa shape index (κ3) is 4.86. The van der Waals surface area contributed by atoms with Crippen molar-refractivity contribution in [2.24, 2.45) is 0 Å². The number of carbonyl (C=O) groups is 1. The molecule has 1 amide bonds. The molecule has 144 valence electrons. The summed E-state index contributed by atoms with van der Waals surface area (Å²) in [5.41, 5.74) is 0.865. The summed E-state index contributed by atoms with van der Waals surface area (Å²) in [6.45, 7) is 2.76. The van der Waals surface area contributed by atoms with Crippen molar-refractivity contribution < 1.29 is 9.18 Å². The fraction of sp³-hybridized carbons (Fsp3) is 0.421. The molecule has 3 rings (SSSR count). The van der Waals surface area contributed by atoms with Crippen LogP contribution in [0.1, 0.15) is 12.0 Å². The third-order valence-corrected chi connectivity index (χ3v) is 4.95. The van der Waals surface area contributed by atoms with Gasteiger partial charge in [-0.05, 0) is 36.2 Å². The van der Waals surface area contributed by atoms with Crippen molar-refractivity contribution >= 4 is 29.1 Å². The van der Waals surface area contributed by atoms with Crippen LogP contribution >= 0.6 is 11.6 Å². The normalized spacial score (nSPS) is 14.4. The van der Waals surface area contributed by atoms with Crippen molar-refractivity contribution in [2.45, 2.75) is 12.8 Å². The fourth-order valence-electron chi connectivity index (χ4n) is 3.01. The van der Waals surface area contributed by atoms with Crippen LogP contribution in [-0.4, -0.2) is 61.3 Å². The number of rotatable bonds is 5. The molecule has 0 saturated carbocycles. The molecule has 6 nitrogen and oxygen atoms in total. The van der Waals surface area contributed by atoms with Gasteiger partial charge in [-0.3, -0.25) is 4.79 Å². The van der Waals surface area contributed by atoms with E-state index in [-0.39, 0.29) is 10.9 Å². The zero-order valence-electron chi connectivity index (χ0n) is 15.5. The van der Waals surface area contributed by atoms with E-state index < -0.39 is 5.82 Å². The van der Waals surface area contributed by atoms with Crippen LogP contribution in [0.25, 0.3) is 0 Å². The molecule has 0 N–H and O–H groups in total. The number of aryl methyl sites for hydroxylation is 1. The number of piperazine rings is 1. The molecule has 0 bridgehead atoms. The Bertz CT molecular complexity index is 791. The number of hydrogen-bond acceptors (Lipinski definition) is 5. The lowest BCUT2D eigenvalue weighted by molar-refractivity contribution is -0.131. The van der Waals surface area contributed by atoms with Gasteiger partial charge in [-0.2, -0.15) is 0 Å². The SMILES string of the molecule is CN(C)c1ccc(N2CCN(C(=O)CCc3ccc(F)c(Cl)c3)CC2)nn1. The van der Waals surface area contributed by atoms with Gasteiger partial charge in [0.1, 0.15) is 5.82 Å². The van der Waals surface area contributed by atoms with E-state index in [4.69, 9.17) is 11.6 Å². The first-order valence-electron chi connectivity index (χ1n) is 8.92. The van der Waals surface area contributed by atoms with Gasteiger partial charge in [0.15, 0.2) is 11.6 Å². The molecule has 2 aromatic rings. The van der Waals surface area contributed by atoms with Gasteiger partial charge in [0.05, 0.1) is 5.02 Å². The second-order valence-corrected chi connectivity index (χ2v) is 7.17. The first kappa shape index (κ1) is 19.4. The number of anilines is 2. The largest absolute Gasteiger partial charge is 0.361 e. The van der Waals surface area contributed by atoms with E-state index in [1.807, 2.05) is 36.0 Å². The Morgan fingerprint density at radius 3 is 2.48 bits per heavy atom. The Balaban J connectivity index is 1.49. The van der Waals surface area contributed by atoms with Crippen molar-refractivity contribution in [3.05, 3.63) is 46.7 Å². The Morgan fingerprint density at radius 2 is 1.89 bits per heavy atom. The van der Waals surface area contributed by atoms with Crippen LogP contribution in [0.15, 0.2) is 30.3 Å². The molecular formula is C19H23ClFN5O. The quantitative estimate of drug-likeness (QED) is 0.784. The molecule has 8 heteroatoms. The van der Waals surface area contributed by atoms with Crippen LogP contribution < -0.4 is 9.80 Å². The van der Waals surface area contributed by atoms with Crippen molar-refractivity contribution in [2.75, 3.05) is 50.1 Å². The minimum atomic E-state index is -0.440. The van der Waals surface area contributed by atoms with E-state index in [0.717, 1.165) is 30.3 Å². The van der Waals surface area contributed by atoms with Gasteiger partial charge in [0.25, 0.3) is 0 Å². The van der Waals surface area contributed by atoms with Crippen molar-refractivity contribution in [1.29, 1.82) is 0 Å². The van der Waals surface area contributed by atoms with Gasteiger partial charge >= 0.3 is 0 Å². The number of benzene rings is 1. The molecule has 0 unspecified atom stereocenters. The highest BCUT2D eigenvalue weighted by Crippen LogP contribution is 2.18. The molecule has 0 radical (unpaired) electrons. The van der Waals surface area contributed by atoms with Crippen LogP contribution in [0.4, 0.5) is 16.0 Å². The number of halogens is 2. The molecule has 0 atom stereocenters. The molecule has 0 aliphatic carbocycles. The molecular weight excluding hydrogens is 369 g/mol. The van der Waals surface area contributed by atoms with E-state index in [9.17, 15) is 9.18 Å². The zero-order chi connectivity index (χ0) is 19.4. The van der Waals surface area contributed by atoms with Gasteiger partial charge in [-0.1, -0.05) is 17.7 Å². The van der Waals surface area contributed by atoms with Crippen LogP contribution in [-0.2, 0) is 11.2 Å². The highest BCUT2D eigenvalue weighted by Gasteiger charge is 2.22. The molecule has 0 spiro atoms. The first-order chi connectivity index (χ1) is 12.9. The molecule has 27 heavy (non-hydrogen) atoms. The predicted octanol–water partition coefficient (Wildman–Crippen LogP) is 2.62. The van der Waals surface area contributed by atoms with Crippen LogP contribution in [0, 0.1) is 5.82 Å². The number of aromatic nitrogens is 2. The summed E-state index contributed by atoms with van der Waals surface area (Å²) >= 11 is 5.79. The van der Waals surface area contributed by atoms with Crippen LogP contribution in [0.3, 0.4) is 0 Å². The zero-order valence-corrected chi connectivity index (χ0v) is 16.3. The monoisotopic (exact) mass is 391 g/mol. The molecule has 2 heterocycles. The van der Waals surface area contributed by atoms with Gasteiger partial charge < -0.3 is 14.7 Å². The summed E-state index contributed by atoms with van der Waals surface area (Å²) in [4.78, 5) is 18.4. The summed E-state index contributed by atoms with van der Waals surface area (Å²) in [5.74, 6) is 1.30. The van der Waals surface area contributed by atoms with E-state index >= 15 is 0 Å². The topological polar surface area (TPSA) is 52.6 Å². The van der Waals surface area contributed by atoms with Crippen LogP contribution in [0.5, 0.6) is 0 Å². The Kier molecular flexibility index (Phi) is 6.11. The lowest BCUT2D eigenvalue weighted by Crippen LogP contribution is -2.49. The molecule has 1 saturated heterocycles. The average molecular weight is 392 g/mol. The average Bonchev–Trinajstić information content (AvgIpc) is 2.69. The van der Waals surface area contributed by atoms with Crippen molar-refractivity contribution in [3.8, 4) is 0 Å². The third-order valence-electron chi connectivity index (χ3n) is 4.66. The molecule has 1 aliphatic heterocycles. The van der Waals surface area contributed by atoms with Crippen molar-refractivity contribution in [1.82, 2.24) is 15.1 Å². The first-order valence-corrected chi connectivity index (χ1v) is 9.29. The van der Waals surface area contributed by atoms with E-state index in [0.29, 0.717) is 25.9 Å². The molecule has 1 fully saturated rings. The number of nitrogens with zero attached hydrogens (tertiary/aromatic N) is 5. The van der Waals surface area contributed by atoms with Crippen LogP contribution in [0.2, 0.25) is 5.02 Å². The van der Waals surface area contributed by atoms with Gasteiger partial charge in [0, 0.05) is 46.7 Å². The fourth-order valence-corrected chi connectivity index (χ4v) is 3.22. The highest BCUT2D eigenvalue weighted by atomic mass is 35.5. The van der Waals surface area contributed by atoms with Gasteiger partial charge in [-0.15, -0.1) is 10.2 Å². The van der Waals surface area contributed by atoms with Gasteiger partial charge in [0.2, 0.25) is 5.91 Å². The number of carbonyl (C=O) groups excluding carboxylic acids is 1. The summed E-state index contributed by atoms with van der Waals surface area (Å²) in [7, 11) is 3.85. The maximum atomic E-state index is 13.2. The van der Waals surface area contributed by atoms with Gasteiger partial charge in [-0.25, -0.2) is 4.39 Å². The summed E-state index contributed by atoms with van der Waals surface area (Å²) in [6.07, 6.45) is 0.940. The standard InChI is InChI=1S/C19H23ClFN5O/c1-24(2)17-6-7-18(23-22-17)25-9-11-26(12-10-25)19(27)8-4-14-3-5-16(21)15(20)13-14/h3,5-7,13H,4,8-12H2,1-2H3. The van der Waals surface area contributed by atoms with E-state index in [1.54, 1.807) is 12.1 Å². The summed E-state index contributed by atoms with van der Waals surface area (Å²) in [6, 6.07) is 8.48.